The highest BCUT2D eigenvalue weighted by Gasteiger charge is 2.34. The Morgan fingerprint density at radius 1 is 1.00 bits per heavy atom. The first kappa shape index (κ1) is 26.9. The van der Waals surface area contributed by atoms with E-state index in [1.165, 1.54) is 28.8 Å². The Bertz CT molecular complexity index is 1490. The number of carbonyl (C=O) groups excluding carboxylic acids is 3. The SMILES string of the molecule is COC(=O)c1ccc(N(C(=O)Cn2nnc3ccccc32)C(C(=O)NC2CCCCC2)c2ccc(O)cc2)cc1. The summed E-state index contributed by atoms with van der Waals surface area (Å²) in [6, 6.07) is 18.9. The molecule has 40 heavy (non-hydrogen) atoms. The lowest BCUT2D eigenvalue weighted by Gasteiger charge is -2.33. The molecule has 0 bridgehead atoms. The highest BCUT2D eigenvalue weighted by Crippen LogP contribution is 2.31. The topological polar surface area (TPSA) is 127 Å². The first-order valence-electron chi connectivity index (χ1n) is 13.3. The van der Waals surface area contributed by atoms with Gasteiger partial charge in [-0.3, -0.25) is 14.5 Å². The first-order valence-corrected chi connectivity index (χ1v) is 13.3. The van der Waals surface area contributed by atoms with E-state index < -0.39 is 17.9 Å². The van der Waals surface area contributed by atoms with Crippen LogP contribution in [-0.4, -0.2) is 51.0 Å². The van der Waals surface area contributed by atoms with Crippen molar-refractivity contribution >= 4 is 34.5 Å². The summed E-state index contributed by atoms with van der Waals surface area (Å²) in [5, 5.41) is 21.4. The van der Waals surface area contributed by atoms with Gasteiger partial charge in [0, 0.05) is 11.7 Å². The van der Waals surface area contributed by atoms with E-state index in [2.05, 4.69) is 15.6 Å². The smallest absolute Gasteiger partial charge is 0.337 e. The predicted octanol–water partition coefficient (Wildman–Crippen LogP) is 4.15. The molecule has 2 N–H and O–H groups in total. The Morgan fingerprint density at radius 2 is 1.70 bits per heavy atom. The van der Waals surface area contributed by atoms with E-state index in [4.69, 9.17) is 4.74 Å². The van der Waals surface area contributed by atoms with Gasteiger partial charge in [0.25, 0.3) is 0 Å². The van der Waals surface area contributed by atoms with Crippen LogP contribution in [0.15, 0.2) is 72.8 Å². The van der Waals surface area contributed by atoms with Crippen LogP contribution >= 0.6 is 0 Å². The summed E-state index contributed by atoms with van der Waals surface area (Å²) >= 11 is 0. The summed E-state index contributed by atoms with van der Waals surface area (Å²) in [4.78, 5) is 41.6. The van der Waals surface area contributed by atoms with Gasteiger partial charge in [0.1, 0.15) is 23.9 Å². The molecule has 0 aliphatic heterocycles. The van der Waals surface area contributed by atoms with E-state index in [-0.39, 0.29) is 24.2 Å². The molecule has 0 spiro atoms. The fourth-order valence-electron chi connectivity index (χ4n) is 5.15. The summed E-state index contributed by atoms with van der Waals surface area (Å²) in [6.07, 6.45) is 4.95. The summed E-state index contributed by atoms with van der Waals surface area (Å²) in [5.74, 6) is -1.20. The number of ether oxygens (including phenoxy) is 1. The number of phenols is 1. The molecule has 1 heterocycles. The number of esters is 1. The number of aromatic nitrogens is 3. The summed E-state index contributed by atoms with van der Waals surface area (Å²) in [7, 11) is 1.30. The van der Waals surface area contributed by atoms with E-state index in [0.29, 0.717) is 27.8 Å². The number of carbonyl (C=O) groups is 3. The highest BCUT2D eigenvalue weighted by atomic mass is 16.5. The fourth-order valence-corrected chi connectivity index (χ4v) is 5.15. The van der Waals surface area contributed by atoms with Crippen LogP contribution in [0.5, 0.6) is 5.75 Å². The number of nitrogens with zero attached hydrogens (tertiary/aromatic N) is 4. The molecule has 1 unspecified atom stereocenters. The lowest BCUT2D eigenvalue weighted by Crippen LogP contribution is -2.48. The van der Waals surface area contributed by atoms with Crippen molar-refractivity contribution in [1.29, 1.82) is 0 Å². The maximum absolute atomic E-state index is 14.1. The van der Waals surface area contributed by atoms with Crippen LogP contribution in [0.2, 0.25) is 0 Å². The zero-order chi connectivity index (χ0) is 28.1. The van der Waals surface area contributed by atoms with Crippen molar-refractivity contribution in [2.75, 3.05) is 12.0 Å². The number of rotatable bonds is 8. The van der Waals surface area contributed by atoms with Crippen molar-refractivity contribution in [2.45, 2.75) is 50.7 Å². The Kier molecular flexibility index (Phi) is 8.04. The third-order valence-electron chi connectivity index (χ3n) is 7.21. The third-order valence-corrected chi connectivity index (χ3v) is 7.21. The number of phenolic OH excluding ortho intramolecular Hbond substituents is 1. The Balaban J connectivity index is 1.57. The molecule has 0 saturated heterocycles. The van der Waals surface area contributed by atoms with Gasteiger partial charge < -0.3 is 15.2 Å². The number of anilines is 1. The number of benzene rings is 3. The molecule has 0 radical (unpaired) electrons. The van der Waals surface area contributed by atoms with Crippen molar-refractivity contribution in [3.05, 3.63) is 83.9 Å². The minimum Gasteiger partial charge on any atom is -0.508 e. The molecule has 3 aromatic carbocycles. The van der Waals surface area contributed by atoms with Crippen molar-refractivity contribution in [1.82, 2.24) is 20.3 Å². The number of aromatic hydroxyl groups is 1. The van der Waals surface area contributed by atoms with Gasteiger partial charge in [0.2, 0.25) is 11.8 Å². The average Bonchev–Trinajstić information content (AvgIpc) is 3.39. The number of amides is 2. The van der Waals surface area contributed by atoms with Crippen LogP contribution in [-0.2, 0) is 20.9 Å². The highest BCUT2D eigenvalue weighted by molar-refractivity contribution is 6.02. The predicted molar refractivity (Wildman–Crippen MR) is 149 cm³/mol. The lowest BCUT2D eigenvalue weighted by molar-refractivity contribution is -0.127. The first-order chi connectivity index (χ1) is 19.4. The van der Waals surface area contributed by atoms with E-state index >= 15 is 0 Å². The van der Waals surface area contributed by atoms with Crippen LogP contribution in [0.25, 0.3) is 11.0 Å². The normalized spacial score (nSPS) is 14.4. The van der Waals surface area contributed by atoms with E-state index in [0.717, 1.165) is 32.1 Å². The monoisotopic (exact) mass is 541 g/mol. The summed E-state index contributed by atoms with van der Waals surface area (Å²) in [6.45, 7) is -0.176. The number of para-hydroxylation sites is 1. The minimum atomic E-state index is -1.05. The molecule has 1 aliphatic rings. The van der Waals surface area contributed by atoms with Gasteiger partial charge in [-0.05, 0) is 66.9 Å². The molecule has 1 aliphatic carbocycles. The average molecular weight is 542 g/mol. The zero-order valence-corrected chi connectivity index (χ0v) is 22.2. The van der Waals surface area contributed by atoms with Gasteiger partial charge in [-0.1, -0.05) is 48.7 Å². The van der Waals surface area contributed by atoms with E-state index in [1.54, 1.807) is 36.4 Å². The van der Waals surface area contributed by atoms with Crippen molar-refractivity contribution in [2.24, 2.45) is 0 Å². The number of hydrogen-bond donors (Lipinski definition) is 2. The third kappa shape index (κ3) is 5.80. The van der Waals surface area contributed by atoms with Gasteiger partial charge in [0.05, 0.1) is 18.2 Å². The number of nitrogens with one attached hydrogen (secondary N) is 1. The quantitative estimate of drug-likeness (QED) is 0.321. The second kappa shape index (κ2) is 12.0. The zero-order valence-electron chi connectivity index (χ0n) is 22.2. The molecule has 1 fully saturated rings. The maximum Gasteiger partial charge on any atom is 0.337 e. The largest absolute Gasteiger partial charge is 0.508 e. The molecule has 1 saturated carbocycles. The van der Waals surface area contributed by atoms with Gasteiger partial charge in [-0.25, -0.2) is 9.48 Å². The molecule has 1 aromatic heterocycles. The van der Waals surface area contributed by atoms with Crippen molar-refractivity contribution in [3.63, 3.8) is 0 Å². The molecule has 5 rings (SSSR count). The molecule has 2 amide bonds. The standard InChI is InChI=1S/C30H31N5O5/c1-40-30(39)21-11-15-23(16-12-21)35(27(37)19-34-26-10-6-5-9-25(26)32-33-34)28(20-13-17-24(36)18-14-20)29(38)31-22-7-3-2-4-8-22/h5-6,9-18,22,28,36H,2-4,7-8,19H2,1H3,(H,31,38). The van der Waals surface area contributed by atoms with Crippen LogP contribution in [0.1, 0.15) is 54.1 Å². The molecule has 4 aromatic rings. The summed E-state index contributed by atoms with van der Waals surface area (Å²) in [5.41, 5.74) is 2.59. The van der Waals surface area contributed by atoms with E-state index in [1.807, 2.05) is 24.3 Å². The van der Waals surface area contributed by atoms with Crippen LogP contribution in [0.3, 0.4) is 0 Å². The lowest BCUT2D eigenvalue weighted by atomic mass is 9.94. The molecular weight excluding hydrogens is 510 g/mol. The second-order valence-electron chi connectivity index (χ2n) is 9.88. The van der Waals surface area contributed by atoms with Crippen molar-refractivity contribution < 1.29 is 24.2 Å². The Labute approximate surface area is 231 Å². The minimum absolute atomic E-state index is 0.0128. The molecule has 206 valence electrons. The Morgan fingerprint density at radius 3 is 2.40 bits per heavy atom. The fraction of sp³-hybridized carbons (Fsp3) is 0.300. The van der Waals surface area contributed by atoms with Gasteiger partial charge in [-0.2, -0.15) is 0 Å². The second-order valence-corrected chi connectivity index (χ2v) is 9.88. The number of hydrogen-bond acceptors (Lipinski definition) is 7. The van der Waals surface area contributed by atoms with Crippen LogP contribution in [0.4, 0.5) is 5.69 Å². The van der Waals surface area contributed by atoms with E-state index in [9.17, 15) is 19.5 Å². The molecule has 1 atom stereocenters. The number of fused-ring (bicyclic) bond motifs is 1. The molecule has 10 nitrogen and oxygen atoms in total. The Hall–Kier alpha value is -4.73. The summed E-state index contributed by atoms with van der Waals surface area (Å²) < 4.78 is 6.32. The number of methoxy groups -OCH3 is 1. The maximum atomic E-state index is 14.1. The van der Waals surface area contributed by atoms with Gasteiger partial charge in [-0.15, -0.1) is 5.10 Å². The van der Waals surface area contributed by atoms with Crippen LogP contribution in [0, 0.1) is 0 Å². The van der Waals surface area contributed by atoms with Crippen LogP contribution < -0.4 is 10.2 Å². The molecule has 10 heteroatoms. The van der Waals surface area contributed by atoms with Gasteiger partial charge >= 0.3 is 5.97 Å². The van der Waals surface area contributed by atoms with Gasteiger partial charge in [0.15, 0.2) is 0 Å². The molecular formula is C30H31N5O5. The van der Waals surface area contributed by atoms with Crippen molar-refractivity contribution in [3.8, 4) is 5.75 Å².